The van der Waals surface area contributed by atoms with Crippen LogP contribution in [-0.2, 0) is 86.0 Å². The van der Waals surface area contributed by atoms with Gasteiger partial charge in [0, 0.05) is 52.1 Å². The molecule has 1 saturated heterocycles. The monoisotopic (exact) mass is 1780 g/mol. The number of carboxylic acids is 7. The summed E-state index contributed by atoms with van der Waals surface area (Å²) in [7, 11) is 0. The zero-order valence-corrected chi connectivity index (χ0v) is 93.4. The summed E-state index contributed by atoms with van der Waals surface area (Å²) in [5, 5.41) is 74.3. The van der Waals surface area contributed by atoms with Gasteiger partial charge in [-0.2, -0.15) is 0 Å². The number of esters is 5. The number of rotatable bonds is 37. The second-order valence-electron chi connectivity index (χ2n) is 36.5. The number of hydrogen-bond acceptors (Lipinski definition) is 23. The molecule has 0 aliphatic carbocycles. The maximum Gasteiger partial charge on any atom is 1.00 e. The van der Waals surface area contributed by atoms with Crippen LogP contribution in [-0.4, -0.2) is 144 Å². The van der Waals surface area contributed by atoms with Crippen LogP contribution >= 0.6 is 0 Å². The molecule has 0 aromatic heterocycles. The Bertz CT molecular complexity index is 2370. The zero-order valence-electron chi connectivity index (χ0n) is 85.4. The first kappa shape index (κ1) is 153. The molecule has 1 atom stereocenters. The number of aliphatic hydroxyl groups excluding tert-OH is 1. The number of ether oxygens (including phenoxy) is 6. The van der Waals surface area contributed by atoms with Crippen molar-refractivity contribution in [1.82, 2.24) is 0 Å². The maximum absolute atomic E-state index is 11.6. The average Bonchev–Trinajstić information content (AvgIpc) is 1.71. The SMILES string of the molecule is CCC(C)(C)C(=O)O.CCC(C)(C)C(=O)O.CCC(C)(C)C(=O)O.CCC(C)(C)C(=O)OCC1CCCO1.CCC(C)(C)C(=O)OCCO.CCC(C)(C)C(=O)[O-].CCC(C)(C)C(=O)[O-].CCC(C)(C)C(=O)[O-].CCC(C)(C)C(=O)[O-].CCCCOC(=O)C(C)(C)CC.CCCCOC(=O)C(C)(C)CC.CCCCOC(=O)C(C)(C)CC.[Na+].[Na+].[Na+].[Na+]. The zero-order chi connectivity index (χ0) is 95.8. The van der Waals surface area contributed by atoms with E-state index < -0.39 is 85.1 Å². The molecule has 0 saturated carbocycles. The Balaban J connectivity index is -0.0000000781. The Morgan fingerprint density at radius 2 is 0.446 bits per heavy atom. The molecular formula is C91H176Na4O26. The smallest absolute Gasteiger partial charge is 0.550 e. The molecule has 121 heavy (non-hydrogen) atoms. The summed E-state index contributed by atoms with van der Waals surface area (Å²) in [6.45, 7) is 74.5. The fourth-order valence-electron chi connectivity index (χ4n) is 4.74. The van der Waals surface area contributed by atoms with Crippen LogP contribution in [0.25, 0.3) is 0 Å². The van der Waals surface area contributed by atoms with E-state index >= 15 is 0 Å². The van der Waals surface area contributed by atoms with Crippen molar-refractivity contribution >= 4 is 71.6 Å². The van der Waals surface area contributed by atoms with Gasteiger partial charge in [0.25, 0.3) is 0 Å². The van der Waals surface area contributed by atoms with E-state index in [0.717, 1.165) is 90.1 Å². The summed E-state index contributed by atoms with van der Waals surface area (Å²) in [5.41, 5.74) is -5.96. The standard InChI is InChI=1S/C11H20O3.3C10H20O2.C8H16O3.7C6H12O2.4Na/c1-4-11(2,3)10(12)14-8-9-6-5-7-13-9;3*1-5-7-8-12-9(11)10(3,4)6-2;1-4-8(2,3)7(10)11-6-5-9;7*1-4-6(2,3)5(7)8;;;;/h9H,4-8H2,1-3H3;3*5-8H2,1-4H3;9H,4-6H2,1-3H3;7*4H2,1-3H3,(H,7,8);;;;/q;;;;;;;;;;;;4*+1/p-4. The molecule has 26 nitrogen and oxygen atoms in total. The molecular weight excluding hydrogens is 1600 g/mol. The maximum atomic E-state index is 11.6. The van der Waals surface area contributed by atoms with Gasteiger partial charge in [-0.3, -0.25) is 38.4 Å². The summed E-state index contributed by atoms with van der Waals surface area (Å²) >= 11 is 0. The van der Waals surface area contributed by atoms with Gasteiger partial charge < -0.3 is 88.5 Å². The predicted molar refractivity (Wildman–Crippen MR) is 457 cm³/mol. The number of unbranched alkanes of at least 4 members (excludes halogenated alkanes) is 3. The fraction of sp³-hybridized carbons (Fsp3) is 0.868. The first-order valence-electron chi connectivity index (χ1n) is 42.4. The van der Waals surface area contributed by atoms with Gasteiger partial charge in [0.2, 0.25) is 0 Å². The molecule has 1 fully saturated rings. The molecule has 0 amide bonds. The number of carboxylic acid groups (broad SMARTS) is 7. The Kier molecular flexibility index (Phi) is 101. The Morgan fingerprint density at radius 3 is 0.554 bits per heavy atom. The molecule has 0 aromatic rings. The van der Waals surface area contributed by atoms with Crippen molar-refractivity contribution in [3.63, 3.8) is 0 Å². The van der Waals surface area contributed by atoms with E-state index in [1.54, 1.807) is 96.9 Å². The normalized spacial score (nSPS) is 12.2. The van der Waals surface area contributed by atoms with Crippen LogP contribution in [0.1, 0.15) is 398 Å². The molecule has 1 unspecified atom stereocenters. The third-order valence-electron chi connectivity index (χ3n) is 21.3. The summed E-state index contributed by atoms with van der Waals surface area (Å²) < 4.78 is 30.6. The number of aliphatic carboxylic acids is 7. The van der Waals surface area contributed by atoms with Crippen LogP contribution in [0.15, 0.2) is 0 Å². The summed E-state index contributed by atoms with van der Waals surface area (Å²) in [4.78, 5) is 128. The number of carbonyl (C=O) groups is 12. The van der Waals surface area contributed by atoms with Crippen molar-refractivity contribution in [2.24, 2.45) is 65.0 Å². The number of aliphatic hydroxyl groups is 1. The molecule has 4 N–H and O–H groups in total. The van der Waals surface area contributed by atoms with E-state index in [0.29, 0.717) is 71.4 Å². The third kappa shape index (κ3) is 84.2. The average molecular weight is 1780 g/mol. The van der Waals surface area contributed by atoms with Gasteiger partial charge in [0.15, 0.2) is 0 Å². The van der Waals surface area contributed by atoms with Gasteiger partial charge >= 0.3 is 166 Å². The van der Waals surface area contributed by atoms with E-state index in [4.69, 9.17) is 48.8 Å². The van der Waals surface area contributed by atoms with Crippen molar-refractivity contribution < 1.29 is 245 Å². The van der Waals surface area contributed by atoms with Gasteiger partial charge in [-0.05, 0) is 220 Å². The van der Waals surface area contributed by atoms with Crippen molar-refractivity contribution in [2.45, 2.75) is 405 Å². The van der Waals surface area contributed by atoms with Gasteiger partial charge in [0.05, 0.1) is 75.9 Å². The van der Waals surface area contributed by atoms with Crippen molar-refractivity contribution in [3.8, 4) is 0 Å². The quantitative estimate of drug-likeness (QED) is 0.0285. The van der Waals surface area contributed by atoms with Crippen LogP contribution in [0, 0.1) is 65.0 Å². The molecule has 1 aliphatic rings. The van der Waals surface area contributed by atoms with Crippen LogP contribution in [0.3, 0.4) is 0 Å². The van der Waals surface area contributed by atoms with Gasteiger partial charge in [0.1, 0.15) is 13.2 Å². The first-order valence-corrected chi connectivity index (χ1v) is 42.4. The molecule has 0 bridgehead atoms. The Labute approximate surface area is 824 Å². The Hall–Kier alpha value is -2.44. The summed E-state index contributed by atoms with van der Waals surface area (Å²) in [5.74, 6) is -6.63. The van der Waals surface area contributed by atoms with Crippen LogP contribution in [0.4, 0.5) is 0 Å². The number of hydrogen-bond donors (Lipinski definition) is 4. The molecule has 700 valence electrons. The third-order valence-corrected chi connectivity index (χ3v) is 21.3. The van der Waals surface area contributed by atoms with Crippen molar-refractivity contribution in [2.75, 3.05) is 46.2 Å². The Morgan fingerprint density at radius 1 is 0.281 bits per heavy atom. The minimum atomic E-state index is -0.972. The second-order valence-corrected chi connectivity index (χ2v) is 36.5. The van der Waals surface area contributed by atoms with Gasteiger partial charge in [-0.25, -0.2) is 0 Å². The number of carbonyl (C=O) groups excluding carboxylic acids is 9. The van der Waals surface area contributed by atoms with Gasteiger partial charge in [-0.1, -0.05) is 179 Å². The van der Waals surface area contributed by atoms with E-state index in [1.807, 2.05) is 152 Å². The van der Waals surface area contributed by atoms with E-state index in [-0.39, 0.29) is 189 Å². The van der Waals surface area contributed by atoms with Crippen LogP contribution in [0.2, 0.25) is 0 Å². The summed E-state index contributed by atoms with van der Waals surface area (Å²) in [6.07, 6.45) is 16.9. The van der Waals surface area contributed by atoms with Crippen LogP contribution in [0.5, 0.6) is 0 Å². The van der Waals surface area contributed by atoms with Crippen molar-refractivity contribution in [3.05, 3.63) is 0 Å². The largest absolute Gasteiger partial charge is 1.00 e. The second kappa shape index (κ2) is 79.7. The molecule has 30 heteroatoms. The van der Waals surface area contributed by atoms with E-state index in [1.165, 1.54) is 0 Å². The minimum absolute atomic E-state index is 0. The molecule has 1 aliphatic heterocycles. The molecule has 0 spiro atoms. The van der Waals surface area contributed by atoms with Crippen LogP contribution < -0.4 is 139 Å². The van der Waals surface area contributed by atoms with E-state index in [9.17, 15) is 78.0 Å². The molecule has 1 heterocycles. The predicted octanol–water partition coefficient (Wildman–Crippen LogP) is 4.63. The molecule has 0 aromatic carbocycles. The van der Waals surface area contributed by atoms with Crippen molar-refractivity contribution in [1.29, 1.82) is 0 Å². The molecule has 1 rings (SSSR count). The molecule has 0 radical (unpaired) electrons. The topological polar surface area (TPSA) is 433 Å². The van der Waals surface area contributed by atoms with E-state index in [2.05, 4.69) is 20.8 Å². The minimum Gasteiger partial charge on any atom is -0.550 e. The summed E-state index contributed by atoms with van der Waals surface area (Å²) in [6, 6.07) is 0. The first-order chi connectivity index (χ1) is 52.8. The van der Waals surface area contributed by atoms with Gasteiger partial charge in [-0.15, -0.1) is 0 Å². The fourth-order valence-corrected chi connectivity index (χ4v) is 4.74.